The van der Waals surface area contributed by atoms with E-state index in [0.29, 0.717) is 11.1 Å². The van der Waals surface area contributed by atoms with Crippen LogP contribution in [0.3, 0.4) is 0 Å². The second-order valence-electron chi connectivity index (χ2n) is 5.52. The Morgan fingerprint density at radius 1 is 0.739 bits per heavy atom. The monoisotopic (exact) mass is 330 g/mol. The number of hydrogen-bond donors (Lipinski definition) is 1. The van der Waals surface area contributed by atoms with Crippen molar-refractivity contribution in [2.75, 3.05) is 0 Å². The lowest BCUT2D eigenvalue weighted by atomic mass is 9.80. The smallest absolute Gasteiger partial charge is 0.374 e. The molecule has 1 atom stereocenters. The first-order valence-electron chi connectivity index (χ1n) is 6.81. The Morgan fingerprint density at radius 2 is 1.30 bits per heavy atom. The molecule has 0 aliphatic rings. The Morgan fingerprint density at radius 3 is 1.78 bits per heavy atom. The van der Waals surface area contributed by atoms with E-state index in [1.54, 1.807) is 19.9 Å². The first kappa shape index (κ1) is 17.4. The van der Waals surface area contributed by atoms with Crippen molar-refractivity contribution in [2.24, 2.45) is 0 Å². The van der Waals surface area contributed by atoms with Crippen molar-refractivity contribution < 1.29 is 27.1 Å². The lowest BCUT2D eigenvalue weighted by Gasteiger charge is -2.37. The van der Waals surface area contributed by atoms with Crippen LogP contribution >= 0.6 is 0 Å². The molecule has 1 N–H and O–H groups in total. The van der Waals surface area contributed by atoms with Crippen LogP contribution in [-0.2, 0) is 5.60 Å². The number of halogens is 5. The highest BCUT2D eigenvalue weighted by molar-refractivity contribution is 5.42. The molecule has 0 aromatic heterocycles. The third kappa shape index (κ3) is 2.83. The van der Waals surface area contributed by atoms with Gasteiger partial charge in [-0.3, -0.25) is 0 Å². The molecule has 2 rings (SSSR count). The molecule has 23 heavy (non-hydrogen) atoms. The topological polar surface area (TPSA) is 20.2 Å². The third-order valence-electron chi connectivity index (χ3n) is 3.72. The van der Waals surface area contributed by atoms with Gasteiger partial charge in [0, 0.05) is 0 Å². The molecule has 0 saturated heterocycles. The van der Waals surface area contributed by atoms with Crippen molar-refractivity contribution in [2.45, 2.75) is 31.5 Å². The van der Waals surface area contributed by atoms with Crippen LogP contribution in [0.1, 0.15) is 22.3 Å². The fourth-order valence-corrected chi connectivity index (χ4v) is 2.40. The second-order valence-corrected chi connectivity index (χ2v) is 5.52. The molecule has 0 amide bonds. The van der Waals surface area contributed by atoms with E-state index in [1.165, 1.54) is 18.2 Å². The quantitative estimate of drug-likeness (QED) is 0.806. The minimum absolute atomic E-state index is 0.464. The largest absolute Gasteiger partial charge is 0.457 e. The summed E-state index contributed by atoms with van der Waals surface area (Å²) < 4.78 is 67.3. The van der Waals surface area contributed by atoms with Crippen LogP contribution in [-0.4, -0.2) is 17.2 Å². The lowest BCUT2D eigenvalue weighted by molar-refractivity contribution is -0.336. The molecule has 0 heterocycles. The van der Waals surface area contributed by atoms with Crippen LogP contribution in [0.4, 0.5) is 22.0 Å². The van der Waals surface area contributed by atoms with Crippen LogP contribution in [0.15, 0.2) is 48.5 Å². The summed E-state index contributed by atoms with van der Waals surface area (Å²) >= 11 is 0. The highest BCUT2D eigenvalue weighted by atomic mass is 19.4. The summed E-state index contributed by atoms with van der Waals surface area (Å²) in [7, 11) is 0. The van der Waals surface area contributed by atoms with E-state index < -0.39 is 28.8 Å². The van der Waals surface area contributed by atoms with E-state index in [1.807, 2.05) is 0 Å². The van der Waals surface area contributed by atoms with Gasteiger partial charge in [0.2, 0.25) is 0 Å². The van der Waals surface area contributed by atoms with Crippen LogP contribution in [0.2, 0.25) is 0 Å². The number of aliphatic hydroxyl groups is 1. The second kappa shape index (κ2) is 5.60. The van der Waals surface area contributed by atoms with Crippen LogP contribution in [0.5, 0.6) is 0 Å². The number of aryl methyl sites for hydroxylation is 2. The molecule has 0 aliphatic heterocycles. The number of rotatable bonds is 3. The maximum absolute atomic E-state index is 14.2. The molecule has 0 saturated carbocycles. The summed E-state index contributed by atoms with van der Waals surface area (Å²) in [5.41, 5.74) is -3.40. The van der Waals surface area contributed by atoms with E-state index in [2.05, 4.69) is 0 Å². The highest BCUT2D eigenvalue weighted by Crippen LogP contribution is 2.51. The zero-order valence-corrected chi connectivity index (χ0v) is 12.5. The van der Waals surface area contributed by atoms with Crippen LogP contribution < -0.4 is 0 Å². The molecule has 0 bridgehead atoms. The molecule has 1 nitrogen and oxygen atoms in total. The first-order valence-corrected chi connectivity index (χ1v) is 6.81. The van der Waals surface area contributed by atoms with Crippen molar-refractivity contribution in [3.05, 3.63) is 70.8 Å². The van der Waals surface area contributed by atoms with Gasteiger partial charge in [-0.1, -0.05) is 59.7 Å². The molecule has 0 fully saturated rings. The maximum Gasteiger partial charge on any atom is 0.457 e. The predicted octanol–water partition coefficient (Wildman–Crippen LogP) is 4.74. The summed E-state index contributed by atoms with van der Waals surface area (Å²) in [6.07, 6.45) is -5.91. The number of hydrogen-bond acceptors (Lipinski definition) is 1. The van der Waals surface area contributed by atoms with Gasteiger partial charge >= 0.3 is 12.1 Å². The van der Waals surface area contributed by atoms with E-state index in [0.717, 1.165) is 24.3 Å². The van der Waals surface area contributed by atoms with Gasteiger partial charge in [0.05, 0.1) is 0 Å². The highest BCUT2D eigenvalue weighted by Gasteiger charge is 2.71. The molecule has 0 radical (unpaired) electrons. The van der Waals surface area contributed by atoms with Crippen molar-refractivity contribution in [1.82, 2.24) is 0 Å². The zero-order valence-electron chi connectivity index (χ0n) is 12.5. The van der Waals surface area contributed by atoms with Gasteiger partial charge in [0.15, 0.2) is 5.60 Å². The average molecular weight is 330 g/mol. The fraction of sp³-hybridized carbons (Fsp3) is 0.294. The first-order chi connectivity index (χ1) is 10.5. The summed E-state index contributed by atoms with van der Waals surface area (Å²) in [6.45, 7) is 3.21. The fourth-order valence-electron chi connectivity index (χ4n) is 2.40. The van der Waals surface area contributed by atoms with Crippen LogP contribution in [0.25, 0.3) is 0 Å². The summed E-state index contributed by atoms with van der Waals surface area (Å²) in [4.78, 5) is 0. The number of benzene rings is 2. The van der Waals surface area contributed by atoms with E-state index in [-0.39, 0.29) is 0 Å². The molecule has 0 aliphatic carbocycles. The van der Waals surface area contributed by atoms with Gasteiger partial charge in [-0.15, -0.1) is 0 Å². The lowest BCUT2D eigenvalue weighted by Crippen LogP contribution is -2.55. The van der Waals surface area contributed by atoms with Gasteiger partial charge in [-0.25, -0.2) is 0 Å². The Labute approximate surface area is 130 Å². The molecule has 0 spiro atoms. The normalized spacial score (nSPS) is 15.3. The molecule has 6 heteroatoms. The number of alkyl halides is 5. The van der Waals surface area contributed by atoms with Gasteiger partial charge in [0.1, 0.15) is 0 Å². The summed E-state index contributed by atoms with van der Waals surface area (Å²) in [6, 6.07) is 9.98. The zero-order chi connectivity index (χ0) is 17.5. The van der Waals surface area contributed by atoms with Gasteiger partial charge in [-0.2, -0.15) is 22.0 Å². The van der Waals surface area contributed by atoms with Crippen LogP contribution in [0, 0.1) is 13.8 Å². The summed E-state index contributed by atoms with van der Waals surface area (Å²) in [5.74, 6) is -5.36. The average Bonchev–Trinajstić information content (AvgIpc) is 2.45. The molecular formula is C17H15F5O. The van der Waals surface area contributed by atoms with Crippen molar-refractivity contribution >= 4 is 0 Å². The minimum Gasteiger partial charge on any atom is -0.374 e. The van der Waals surface area contributed by atoms with E-state index in [9.17, 15) is 27.1 Å². The molecule has 2 aromatic rings. The third-order valence-corrected chi connectivity index (χ3v) is 3.72. The summed E-state index contributed by atoms with van der Waals surface area (Å²) in [5, 5.41) is 10.6. The van der Waals surface area contributed by atoms with Gasteiger partial charge in [0.25, 0.3) is 0 Å². The molecule has 1 unspecified atom stereocenters. The molecule has 2 aromatic carbocycles. The van der Waals surface area contributed by atoms with Crippen molar-refractivity contribution in [3.8, 4) is 0 Å². The van der Waals surface area contributed by atoms with E-state index in [4.69, 9.17) is 0 Å². The Bertz CT molecular complexity index is 691. The minimum atomic E-state index is -5.91. The predicted molar refractivity (Wildman–Crippen MR) is 76.4 cm³/mol. The standard InChI is InChI=1S/C17H15F5O/c1-11-6-8-13(9-7-11)15(23,16(18,19)17(20,21)22)14-5-3-4-12(2)10-14/h3-10,23H,1-2H3. The van der Waals surface area contributed by atoms with E-state index >= 15 is 0 Å². The van der Waals surface area contributed by atoms with Gasteiger partial charge in [-0.05, 0) is 25.0 Å². The Kier molecular flexibility index (Phi) is 4.24. The Hall–Kier alpha value is -1.95. The van der Waals surface area contributed by atoms with Gasteiger partial charge < -0.3 is 5.11 Å². The van der Waals surface area contributed by atoms with Crippen molar-refractivity contribution in [3.63, 3.8) is 0 Å². The SMILES string of the molecule is Cc1ccc(C(O)(c2cccc(C)c2)C(F)(F)C(F)(F)F)cc1. The maximum atomic E-state index is 14.2. The van der Waals surface area contributed by atoms with Crippen molar-refractivity contribution in [1.29, 1.82) is 0 Å². The molecular weight excluding hydrogens is 315 g/mol. The Balaban J connectivity index is 2.77. The molecule has 124 valence electrons.